The lowest BCUT2D eigenvalue weighted by Crippen LogP contribution is -2.35. The van der Waals surface area contributed by atoms with Crippen LogP contribution in [0.25, 0.3) is 11.3 Å². The number of aromatic nitrogens is 3. The molecule has 1 N–H and O–H groups in total. The van der Waals surface area contributed by atoms with Gasteiger partial charge in [-0.1, -0.05) is 29.8 Å². The van der Waals surface area contributed by atoms with Gasteiger partial charge in [0.25, 0.3) is 5.56 Å². The molecular formula is C20H19ClN4O. The van der Waals surface area contributed by atoms with Gasteiger partial charge in [0.05, 0.1) is 17.0 Å². The van der Waals surface area contributed by atoms with Gasteiger partial charge in [0.1, 0.15) is 5.82 Å². The zero-order chi connectivity index (χ0) is 18.1. The van der Waals surface area contributed by atoms with Gasteiger partial charge in [0.2, 0.25) is 0 Å². The second kappa shape index (κ2) is 7.02. The fraction of sp³-hybridized carbons (Fsp3) is 0.250. The van der Waals surface area contributed by atoms with Crippen molar-refractivity contribution in [1.82, 2.24) is 19.9 Å². The van der Waals surface area contributed by atoms with E-state index in [9.17, 15) is 4.79 Å². The Hall–Kier alpha value is -2.50. The van der Waals surface area contributed by atoms with E-state index >= 15 is 0 Å². The SMILES string of the molecule is Cc1nc2c(c(=O)[nH]1)CN(Cc1ccc(-c3ccc(Cl)cc3)nc1)CC2. The number of nitrogens with one attached hydrogen (secondary N) is 1. The number of rotatable bonds is 3. The highest BCUT2D eigenvalue weighted by Gasteiger charge is 2.20. The molecular weight excluding hydrogens is 348 g/mol. The van der Waals surface area contributed by atoms with Crippen LogP contribution >= 0.6 is 11.6 Å². The summed E-state index contributed by atoms with van der Waals surface area (Å²) >= 11 is 5.93. The highest BCUT2D eigenvalue weighted by atomic mass is 35.5. The van der Waals surface area contributed by atoms with E-state index in [1.807, 2.05) is 43.5 Å². The number of hydrogen-bond acceptors (Lipinski definition) is 4. The number of nitrogens with zero attached hydrogens (tertiary/aromatic N) is 3. The van der Waals surface area contributed by atoms with Crippen LogP contribution in [0.2, 0.25) is 5.02 Å². The van der Waals surface area contributed by atoms with E-state index in [2.05, 4.69) is 25.9 Å². The number of H-pyrrole nitrogens is 1. The minimum Gasteiger partial charge on any atom is -0.310 e. The molecule has 132 valence electrons. The van der Waals surface area contributed by atoms with Crippen LogP contribution in [0.15, 0.2) is 47.4 Å². The molecule has 26 heavy (non-hydrogen) atoms. The highest BCUT2D eigenvalue weighted by molar-refractivity contribution is 6.30. The molecule has 3 aromatic rings. The highest BCUT2D eigenvalue weighted by Crippen LogP contribution is 2.21. The lowest BCUT2D eigenvalue weighted by atomic mass is 10.1. The van der Waals surface area contributed by atoms with Gasteiger partial charge >= 0.3 is 0 Å². The molecule has 4 rings (SSSR count). The van der Waals surface area contributed by atoms with Crippen molar-refractivity contribution in [2.75, 3.05) is 6.54 Å². The van der Waals surface area contributed by atoms with E-state index in [4.69, 9.17) is 11.6 Å². The van der Waals surface area contributed by atoms with Gasteiger partial charge in [-0.15, -0.1) is 0 Å². The molecule has 1 aliphatic heterocycles. The molecule has 0 aliphatic carbocycles. The van der Waals surface area contributed by atoms with Gasteiger partial charge in [-0.25, -0.2) is 4.98 Å². The van der Waals surface area contributed by atoms with Crippen molar-refractivity contribution in [1.29, 1.82) is 0 Å². The van der Waals surface area contributed by atoms with Crippen LogP contribution in [-0.4, -0.2) is 26.4 Å². The third kappa shape index (κ3) is 3.54. The van der Waals surface area contributed by atoms with Gasteiger partial charge in [-0.05, 0) is 30.7 Å². The van der Waals surface area contributed by atoms with Gasteiger partial charge in [0, 0.05) is 42.8 Å². The van der Waals surface area contributed by atoms with Gasteiger partial charge in [-0.2, -0.15) is 0 Å². The summed E-state index contributed by atoms with van der Waals surface area (Å²) in [6, 6.07) is 11.8. The minimum absolute atomic E-state index is 0.0200. The van der Waals surface area contributed by atoms with Crippen molar-refractivity contribution in [3.8, 4) is 11.3 Å². The minimum atomic E-state index is -0.0200. The second-order valence-corrected chi connectivity index (χ2v) is 7.03. The molecule has 0 saturated carbocycles. The maximum Gasteiger partial charge on any atom is 0.255 e. The largest absolute Gasteiger partial charge is 0.310 e. The van der Waals surface area contributed by atoms with Crippen molar-refractivity contribution in [2.45, 2.75) is 26.4 Å². The number of hydrogen-bond donors (Lipinski definition) is 1. The smallest absolute Gasteiger partial charge is 0.255 e. The average molecular weight is 367 g/mol. The van der Waals surface area contributed by atoms with Crippen molar-refractivity contribution in [2.24, 2.45) is 0 Å². The second-order valence-electron chi connectivity index (χ2n) is 6.60. The van der Waals surface area contributed by atoms with Crippen LogP contribution in [-0.2, 0) is 19.5 Å². The van der Waals surface area contributed by atoms with Crippen molar-refractivity contribution < 1.29 is 0 Å². The van der Waals surface area contributed by atoms with E-state index < -0.39 is 0 Å². The fourth-order valence-corrected chi connectivity index (χ4v) is 3.43. The summed E-state index contributed by atoms with van der Waals surface area (Å²) in [6.07, 6.45) is 2.70. The standard InChI is InChI=1S/C20H19ClN4O/c1-13-23-19-8-9-25(12-17(19)20(26)24-13)11-14-2-7-18(22-10-14)15-3-5-16(21)6-4-15/h2-7,10H,8-9,11-12H2,1H3,(H,23,24,26). The number of fused-ring (bicyclic) bond motifs is 1. The molecule has 3 heterocycles. The Morgan fingerprint density at radius 1 is 1.19 bits per heavy atom. The van der Waals surface area contributed by atoms with Crippen LogP contribution in [0, 0.1) is 6.92 Å². The topological polar surface area (TPSA) is 61.9 Å². The first-order chi connectivity index (χ1) is 12.6. The number of aryl methyl sites for hydroxylation is 1. The Kier molecular flexibility index (Phi) is 4.57. The number of benzene rings is 1. The van der Waals surface area contributed by atoms with Gasteiger partial charge < -0.3 is 4.98 Å². The van der Waals surface area contributed by atoms with Crippen LogP contribution < -0.4 is 5.56 Å². The molecule has 0 atom stereocenters. The lowest BCUT2D eigenvalue weighted by Gasteiger charge is -2.27. The predicted molar refractivity (Wildman–Crippen MR) is 102 cm³/mol. The number of halogens is 1. The summed E-state index contributed by atoms with van der Waals surface area (Å²) in [5.74, 6) is 0.684. The number of aromatic amines is 1. The molecule has 1 aromatic carbocycles. The van der Waals surface area contributed by atoms with Crippen LogP contribution in [0.4, 0.5) is 0 Å². The van der Waals surface area contributed by atoms with E-state index in [-0.39, 0.29) is 5.56 Å². The summed E-state index contributed by atoms with van der Waals surface area (Å²) < 4.78 is 0. The molecule has 0 radical (unpaired) electrons. The monoisotopic (exact) mass is 366 g/mol. The van der Waals surface area contributed by atoms with Crippen molar-refractivity contribution >= 4 is 11.6 Å². The molecule has 0 amide bonds. The first-order valence-electron chi connectivity index (χ1n) is 8.60. The maximum absolute atomic E-state index is 12.2. The average Bonchev–Trinajstić information content (AvgIpc) is 2.64. The van der Waals surface area contributed by atoms with Crippen molar-refractivity contribution in [3.63, 3.8) is 0 Å². The Labute approximate surface area is 156 Å². The Morgan fingerprint density at radius 3 is 2.73 bits per heavy atom. The van der Waals surface area contributed by atoms with E-state index in [1.165, 1.54) is 0 Å². The predicted octanol–water partition coefficient (Wildman–Crippen LogP) is 3.35. The lowest BCUT2D eigenvalue weighted by molar-refractivity contribution is 0.241. The third-order valence-corrected chi connectivity index (χ3v) is 4.89. The van der Waals surface area contributed by atoms with E-state index in [0.29, 0.717) is 12.4 Å². The molecule has 5 nitrogen and oxygen atoms in total. The van der Waals surface area contributed by atoms with Gasteiger partial charge in [0.15, 0.2) is 0 Å². The maximum atomic E-state index is 12.2. The Morgan fingerprint density at radius 2 is 2.00 bits per heavy atom. The molecule has 0 unspecified atom stereocenters. The molecule has 0 spiro atoms. The summed E-state index contributed by atoms with van der Waals surface area (Å²) in [5.41, 5.74) is 4.79. The molecule has 0 bridgehead atoms. The normalized spacial score (nSPS) is 14.2. The first kappa shape index (κ1) is 16.9. The molecule has 1 aliphatic rings. The Balaban J connectivity index is 1.48. The fourth-order valence-electron chi connectivity index (χ4n) is 3.31. The quantitative estimate of drug-likeness (QED) is 0.772. The molecule has 0 saturated heterocycles. The molecule has 0 fully saturated rings. The molecule has 2 aromatic heterocycles. The summed E-state index contributed by atoms with van der Waals surface area (Å²) in [6.45, 7) is 4.10. The van der Waals surface area contributed by atoms with E-state index in [1.54, 1.807) is 0 Å². The van der Waals surface area contributed by atoms with Crippen LogP contribution in [0.3, 0.4) is 0 Å². The Bertz CT molecular complexity index is 980. The third-order valence-electron chi connectivity index (χ3n) is 4.64. The van der Waals surface area contributed by atoms with Crippen LogP contribution in [0.5, 0.6) is 0 Å². The summed E-state index contributed by atoms with van der Waals surface area (Å²) in [5, 5.41) is 0.718. The van der Waals surface area contributed by atoms with Crippen LogP contribution in [0.1, 0.15) is 22.6 Å². The van der Waals surface area contributed by atoms with Crippen molar-refractivity contribution in [3.05, 3.63) is 80.6 Å². The summed E-state index contributed by atoms with van der Waals surface area (Å²) in [4.78, 5) is 26.2. The zero-order valence-corrected chi connectivity index (χ0v) is 15.3. The summed E-state index contributed by atoms with van der Waals surface area (Å²) in [7, 11) is 0. The van der Waals surface area contributed by atoms with E-state index in [0.717, 1.165) is 52.6 Å². The zero-order valence-electron chi connectivity index (χ0n) is 14.5. The van der Waals surface area contributed by atoms with Gasteiger partial charge in [-0.3, -0.25) is 14.7 Å². The number of pyridine rings is 1. The first-order valence-corrected chi connectivity index (χ1v) is 8.98. The molecule has 6 heteroatoms.